The van der Waals surface area contributed by atoms with Crippen molar-refractivity contribution in [2.24, 2.45) is 0 Å². The molecule has 0 aliphatic carbocycles. The summed E-state index contributed by atoms with van der Waals surface area (Å²) in [5, 5.41) is 11.8. The topological polar surface area (TPSA) is 58.6 Å². The Balaban J connectivity index is 2.50. The van der Waals surface area contributed by atoms with Crippen LogP contribution in [-0.2, 0) is 11.2 Å². The van der Waals surface area contributed by atoms with Gasteiger partial charge in [-0.15, -0.1) is 0 Å². The summed E-state index contributed by atoms with van der Waals surface area (Å²) < 4.78 is 5.47. The van der Waals surface area contributed by atoms with Gasteiger partial charge in [0, 0.05) is 12.6 Å². The van der Waals surface area contributed by atoms with Crippen LogP contribution in [0.3, 0.4) is 0 Å². The summed E-state index contributed by atoms with van der Waals surface area (Å²) in [6.45, 7) is 4.05. The van der Waals surface area contributed by atoms with Gasteiger partial charge in [0.05, 0.1) is 0 Å². The maximum Gasteiger partial charge on any atom is 0.258 e. The maximum absolute atomic E-state index is 11.6. The number of ether oxygens (including phenoxy) is 1. The Kier molecular flexibility index (Phi) is 6.22. The van der Waals surface area contributed by atoms with Crippen LogP contribution in [0, 0.1) is 0 Å². The van der Waals surface area contributed by atoms with E-state index < -0.39 is 0 Å². The van der Waals surface area contributed by atoms with Gasteiger partial charge in [-0.05, 0) is 31.4 Å². The highest BCUT2D eigenvalue weighted by Crippen LogP contribution is 2.18. The molecule has 0 heterocycles. The van der Waals surface area contributed by atoms with Crippen molar-refractivity contribution in [2.75, 3.05) is 13.2 Å². The fraction of sp³-hybridized carbons (Fsp3) is 0.500. The average molecular weight is 251 g/mol. The number of carbonyl (C=O) groups excluding carboxylic acids is 1. The standard InChI is InChI=1S/C14H21NO3/c1-3-11(2)15-14(17)10-18-13-7-5-4-6-12(13)8-9-16/h4-7,11,16H,3,8-10H2,1-2H3,(H,15,17). The molecule has 0 aromatic heterocycles. The van der Waals surface area contributed by atoms with E-state index in [-0.39, 0.29) is 25.2 Å². The molecule has 0 saturated heterocycles. The Labute approximate surface area is 108 Å². The van der Waals surface area contributed by atoms with Crippen LogP contribution in [-0.4, -0.2) is 30.3 Å². The number of hydrogen-bond acceptors (Lipinski definition) is 3. The minimum absolute atomic E-state index is 0.00673. The number of amides is 1. The molecule has 100 valence electrons. The van der Waals surface area contributed by atoms with Gasteiger partial charge in [0.15, 0.2) is 6.61 Å². The molecule has 0 bridgehead atoms. The van der Waals surface area contributed by atoms with Crippen molar-refractivity contribution in [3.63, 3.8) is 0 Å². The van der Waals surface area contributed by atoms with E-state index >= 15 is 0 Å². The molecule has 2 N–H and O–H groups in total. The zero-order valence-corrected chi connectivity index (χ0v) is 11.0. The van der Waals surface area contributed by atoms with E-state index in [4.69, 9.17) is 9.84 Å². The lowest BCUT2D eigenvalue weighted by molar-refractivity contribution is -0.123. The van der Waals surface area contributed by atoms with E-state index in [2.05, 4.69) is 5.32 Å². The predicted molar refractivity (Wildman–Crippen MR) is 70.6 cm³/mol. The maximum atomic E-state index is 11.6. The Morgan fingerprint density at radius 1 is 1.44 bits per heavy atom. The van der Waals surface area contributed by atoms with Crippen LogP contribution in [0.4, 0.5) is 0 Å². The molecule has 0 fully saturated rings. The summed E-state index contributed by atoms with van der Waals surface area (Å²) in [5.74, 6) is 0.536. The lowest BCUT2D eigenvalue weighted by Crippen LogP contribution is -2.35. The Bertz CT molecular complexity index is 379. The lowest BCUT2D eigenvalue weighted by atomic mass is 10.1. The summed E-state index contributed by atoms with van der Waals surface area (Å²) in [5.41, 5.74) is 0.913. The van der Waals surface area contributed by atoms with Gasteiger partial charge in [0.2, 0.25) is 0 Å². The van der Waals surface area contributed by atoms with Crippen LogP contribution in [0.2, 0.25) is 0 Å². The fourth-order valence-electron chi connectivity index (χ4n) is 1.53. The van der Waals surface area contributed by atoms with Crippen LogP contribution in [0.1, 0.15) is 25.8 Å². The molecule has 1 unspecified atom stereocenters. The van der Waals surface area contributed by atoms with E-state index in [9.17, 15) is 4.79 Å². The number of aliphatic hydroxyl groups excluding tert-OH is 1. The largest absolute Gasteiger partial charge is 0.483 e. The average Bonchev–Trinajstić information content (AvgIpc) is 2.38. The van der Waals surface area contributed by atoms with Gasteiger partial charge in [-0.2, -0.15) is 0 Å². The second kappa shape index (κ2) is 7.71. The Hall–Kier alpha value is -1.55. The number of nitrogens with one attached hydrogen (secondary N) is 1. The first-order valence-electron chi connectivity index (χ1n) is 6.28. The van der Waals surface area contributed by atoms with Crippen molar-refractivity contribution in [2.45, 2.75) is 32.7 Å². The number of carbonyl (C=O) groups is 1. The third kappa shape index (κ3) is 4.75. The normalized spacial score (nSPS) is 11.9. The van der Waals surface area contributed by atoms with Crippen molar-refractivity contribution < 1.29 is 14.6 Å². The molecular formula is C14H21NO3. The highest BCUT2D eigenvalue weighted by molar-refractivity contribution is 5.77. The van der Waals surface area contributed by atoms with Gasteiger partial charge in [-0.1, -0.05) is 25.1 Å². The first-order chi connectivity index (χ1) is 8.67. The van der Waals surface area contributed by atoms with Crippen LogP contribution in [0.5, 0.6) is 5.75 Å². The Morgan fingerprint density at radius 3 is 2.83 bits per heavy atom. The molecule has 0 aliphatic heterocycles. The number of aliphatic hydroxyl groups is 1. The minimum Gasteiger partial charge on any atom is -0.483 e. The van der Waals surface area contributed by atoms with E-state index in [0.717, 1.165) is 12.0 Å². The predicted octanol–water partition coefficient (Wildman–Crippen LogP) is 1.51. The molecule has 1 atom stereocenters. The molecule has 0 saturated carbocycles. The molecule has 1 rings (SSSR count). The van der Waals surface area contributed by atoms with Crippen molar-refractivity contribution in [3.05, 3.63) is 29.8 Å². The van der Waals surface area contributed by atoms with Crippen molar-refractivity contribution in [1.82, 2.24) is 5.32 Å². The molecular weight excluding hydrogens is 230 g/mol. The third-order valence-electron chi connectivity index (χ3n) is 2.73. The molecule has 1 amide bonds. The third-order valence-corrected chi connectivity index (χ3v) is 2.73. The van der Waals surface area contributed by atoms with Crippen molar-refractivity contribution >= 4 is 5.91 Å². The zero-order valence-electron chi connectivity index (χ0n) is 11.0. The van der Waals surface area contributed by atoms with Crippen molar-refractivity contribution in [3.8, 4) is 5.75 Å². The fourth-order valence-corrected chi connectivity index (χ4v) is 1.53. The number of benzene rings is 1. The van der Waals surface area contributed by atoms with Crippen LogP contribution < -0.4 is 10.1 Å². The lowest BCUT2D eigenvalue weighted by Gasteiger charge is -2.13. The van der Waals surface area contributed by atoms with Crippen LogP contribution >= 0.6 is 0 Å². The van der Waals surface area contributed by atoms with E-state index in [1.54, 1.807) is 0 Å². The SMILES string of the molecule is CCC(C)NC(=O)COc1ccccc1CCO. The zero-order chi connectivity index (χ0) is 13.4. The van der Waals surface area contributed by atoms with Gasteiger partial charge >= 0.3 is 0 Å². The monoisotopic (exact) mass is 251 g/mol. The first-order valence-corrected chi connectivity index (χ1v) is 6.28. The highest BCUT2D eigenvalue weighted by atomic mass is 16.5. The van der Waals surface area contributed by atoms with E-state index in [1.165, 1.54) is 0 Å². The Morgan fingerprint density at radius 2 is 2.17 bits per heavy atom. The molecule has 18 heavy (non-hydrogen) atoms. The van der Waals surface area contributed by atoms with Gasteiger partial charge in [0.25, 0.3) is 5.91 Å². The van der Waals surface area contributed by atoms with Gasteiger partial charge < -0.3 is 15.2 Å². The smallest absolute Gasteiger partial charge is 0.258 e. The molecule has 0 aliphatic rings. The minimum atomic E-state index is -0.122. The second-order valence-electron chi connectivity index (χ2n) is 4.25. The van der Waals surface area contributed by atoms with E-state index in [1.807, 2.05) is 38.1 Å². The second-order valence-corrected chi connectivity index (χ2v) is 4.25. The summed E-state index contributed by atoms with van der Waals surface area (Å²) >= 11 is 0. The van der Waals surface area contributed by atoms with Crippen molar-refractivity contribution in [1.29, 1.82) is 0 Å². The first kappa shape index (κ1) is 14.5. The quantitative estimate of drug-likeness (QED) is 0.772. The summed E-state index contributed by atoms with van der Waals surface area (Å²) in [6, 6.07) is 7.59. The molecule has 1 aromatic rings. The van der Waals surface area contributed by atoms with Crippen LogP contribution in [0.15, 0.2) is 24.3 Å². The molecule has 0 spiro atoms. The summed E-state index contributed by atoms with van der Waals surface area (Å²) in [6.07, 6.45) is 1.43. The number of rotatable bonds is 7. The summed E-state index contributed by atoms with van der Waals surface area (Å²) in [7, 11) is 0. The van der Waals surface area contributed by atoms with Gasteiger partial charge in [0.1, 0.15) is 5.75 Å². The number of hydrogen-bond donors (Lipinski definition) is 2. The van der Waals surface area contributed by atoms with Crippen LogP contribution in [0.25, 0.3) is 0 Å². The molecule has 1 aromatic carbocycles. The van der Waals surface area contributed by atoms with Gasteiger partial charge in [-0.3, -0.25) is 4.79 Å². The summed E-state index contributed by atoms with van der Waals surface area (Å²) in [4.78, 5) is 11.6. The molecule has 0 radical (unpaired) electrons. The molecule has 4 nitrogen and oxygen atoms in total. The highest BCUT2D eigenvalue weighted by Gasteiger charge is 2.08. The van der Waals surface area contributed by atoms with E-state index in [0.29, 0.717) is 12.2 Å². The molecule has 4 heteroatoms. The van der Waals surface area contributed by atoms with Gasteiger partial charge in [-0.25, -0.2) is 0 Å². The number of para-hydroxylation sites is 1.